The number of rotatable bonds is 14. The van der Waals surface area contributed by atoms with Crippen LogP contribution in [0, 0.1) is 11.6 Å². The minimum absolute atomic E-state index is 0.0183. The van der Waals surface area contributed by atoms with Gasteiger partial charge in [0.25, 0.3) is 17.7 Å². The van der Waals surface area contributed by atoms with Gasteiger partial charge in [-0.3, -0.25) is 14.4 Å². The molecule has 0 radical (unpaired) electrons. The van der Waals surface area contributed by atoms with Gasteiger partial charge in [0.2, 0.25) is 0 Å². The number of nitrogens with one attached hydrogen (secondary N) is 4. The predicted octanol–water partition coefficient (Wildman–Crippen LogP) is 7.78. The van der Waals surface area contributed by atoms with E-state index >= 15 is 0 Å². The number of phenolic OH excluding ortho intramolecular Hbond substituents is 1. The maximum Gasteiger partial charge on any atom is 0.336 e. The molecule has 2 heterocycles. The third-order valence-electron chi connectivity index (χ3n) is 10.8. The molecule has 0 aromatic heterocycles. The molecule has 2 aliphatic rings. The average molecular weight is 847 g/mol. The van der Waals surface area contributed by atoms with Crippen LogP contribution in [0.5, 0.6) is 17.2 Å². The first-order chi connectivity index (χ1) is 30.5. The summed E-state index contributed by atoms with van der Waals surface area (Å²) in [7, 11) is 0. The molecule has 11 nitrogen and oxygen atoms in total. The summed E-state index contributed by atoms with van der Waals surface area (Å²) in [6, 6.07) is 32.7. The number of anilines is 2. The average Bonchev–Trinajstić information content (AvgIpc) is 3.62. The van der Waals surface area contributed by atoms with E-state index in [2.05, 4.69) is 27.8 Å². The number of para-hydroxylation sites is 1. The van der Waals surface area contributed by atoms with E-state index in [-0.39, 0.29) is 61.6 Å². The van der Waals surface area contributed by atoms with Crippen molar-refractivity contribution in [1.29, 1.82) is 0 Å². The quantitative estimate of drug-likeness (QED) is 0.0477. The van der Waals surface area contributed by atoms with Crippen LogP contribution < -0.4 is 36.4 Å². The summed E-state index contributed by atoms with van der Waals surface area (Å²) in [5.74, 6) is -4.50. The molecule has 0 bridgehead atoms. The number of hydrogen-bond donors (Lipinski definition) is 6. The zero-order chi connectivity index (χ0) is 44.2. The fraction of sp³-hybridized carbons (Fsp3) is 0.120. The predicted molar refractivity (Wildman–Crippen MR) is 236 cm³/mol. The Morgan fingerprint density at radius 1 is 0.667 bits per heavy atom. The van der Waals surface area contributed by atoms with Gasteiger partial charge in [0.05, 0.1) is 16.8 Å². The van der Waals surface area contributed by atoms with Crippen LogP contribution in [0.15, 0.2) is 121 Å². The second-order valence-electron chi connectivity index (χ2n) is 15.0. The van der Waals surface area contributed by atoms with Gasteiger partial charge in [-0.05, 0) is 84.6 Å². The maximum atomic E-state index is 14.8. The highest BCUT2D eigenvalue weighted by molar-refractivity contribution is 6.37. The van der Waals surface area contributed by atoms with Gasteiger partial charge in [0.15, 0.2) is 11.6 Å². The van der Waals surface area contributed by atoms with E-state index in [9.17, 15) is 38.2 Å². The van der Waals surface area contributed by atoms with E-state index in [0.29, 0.717) is 48.5 Å². The van der Waals surface area contributed by atoms with Crippen LogP contribution in [0.1, 0.15) is 79.0 Å². The van der Waals surface area contributed by atoms with Crippen molar-refractivity contribution in [3.63, 3.8) is 0 Å². The van der Waals surface area contributed by atoms with Crippen LogP contribution in [0.2, 0.25) is 0 Å². The Morgan fingerprint density at radius 2 is 1.33 bits per heavy atom. The number of unbranched alkanes of at least 4 members (excludes halogenated alkanes) is 3. The van der Waals surface area contributed by atoms with Gasteiger partial charge in [-0.15, -0.1) is 0 Å². The Bertz CT molecular complexity index is 2970. The van der Waals surface area contributed by atoms with E-state index in [1.165, 1.54) is 24.3 Å². The standard InChI is InChI=1S/C50H40F2N4O7/c1-28-23-42-36(25-38(28)51)44(37-26-39(52)41(57)27-43(37)63-42)33-20-17-31(24-35(33)50(61)62)48(59)54-22-10-3-2-9-21-53-47(58)30-15-18-32(19-16-30)55-46(29-11-5-4-6-12-29)45-34-13-7-8-14-40(34)56-49(45)60/h4-8,11-20,23-27,55,57H,1-3,9-10,21-22H2,(H,53,58)(H,54,59)(H,56,60)(H,61,62)/b46-45-. The molecule has 0 unspecified atom stereocenters. The fourth-order valence-electron chi connectivity index (χ4n) is 7.64. The molecule has 0 aliphatic carbocycles. The lowest BCUT2D eigenvalue weighted by Crippen LogP contribution is -2.26. The van der Waals surface area contributed by atoms with Crippen molar-refractivity contribution >= 4 is 58.5 Å². The summed E-state index contributed by atoms with van der Waals surface area (Å²) in [5, 5.41) is 32.5. The molecule has 6 aromatic rings. The van der Waals surface area contributed by atoms with Crippen LogP contribution in [-0.4, -0.2) is 47.0 Å². The number of carbonyl (C=O) groups excluding carboxylic acids is 3. The van der Waals surface area contributed by atoms with Gasteiger partial charge >= 0.3 is 5.97 Å². The Balaban J connectivity index is 0.836. The van der Waals surface area contributed by atoms with Crippen molar-refractivity contribution < 1.29 is 42.9 Å². The smallest absolute Gasteiger partial charge is 0.336 e. The number of aromatic carboxylic acids is 1. The molecule has 316 valence electrons. The van der Waals surface area contributed by atoms with Crippen molar-refractivity contribution in [3.05, 3.63) is 182 Å². The molecule has 0 saturated heterocycles. The van der Waals surface area contributed by atoms with E-state index in [1.54, 1.807) is 24.3 Å². The largest absolute Gasteiger partial charge is 0.505 e. The number of ether oxygens (including phenoxy) is 1. The summed E-state index contributed by atoms with van der Waals surface area (Å²) in [6.45, 7) is 4.42. The second-order valence-corrected chi connectivity index (χ2v) is 15.0. The number of aromatic hydroxyl groups is 1. The third-order valence-corrected chi connectivity index (χ3v) is 10.8. The molecule has 6 N–H and O–H groups in total. The van der Waals surface area contributed by atoms with Crippen LogP contribution in [0.3, 0.4) is 0 Å². The van der Waals surface area contributed by atoms with E-state index in [4.69, 9.17) is 4.74 Å². The van der Waals surface area contributed by atoms with Gasteiger partial charge in [-0.2, -0.15) is 0 Å². The lowest BCUT2D eigenvalue weighted by molar-refractivity contribution is -0.110. The zero-order valence-corrected chi connectivity index (χ0v) is 33.7. The summed E-state index contributed by atoms with van der Waals surface area (Å²) in [5.41, 5.74) is 4.87. The van der Waals surface area contributed by atoms with Gasteiger partial charge in [0.1, 0.15) is 17.3 Å². The lowest BCUT2D eigenvalue weighted by Gasteiger charge is -2.23. The van der Waals surface area contributed by atoms with E-state index < -0.39 is 29.3 Å². The van der Waals surface area contributed by atoms with Gasteiger partial charge in [-0.25, -0.2) is 13.6 Å². The highest BCUT2D eigenvalue weighted by Gasteiger charge is 2.29. The minimum atomic E-state index is -1.37. The Kier molecular flexibility index (Phi) is 11.8. The van der Waals surface area contributed by atoms with Crippen LogP contribution >= 0.6 is 0 Å². The topological polar surface area (TPSA) is 166 Å². The molecule has 0 saturated carbocycles. The first kappa shape index (κ1) is 41.7. The van der Waals surface area contributed by atoms with E-state index in [1.807, 2.05) is 54.6 Å². The van der Waals surface area contributed by atoms with Crippen LogP contribution in [-0.2, 0) is 4.79 Å². The van der Waals surface area contributed by atoms with Gasteiger partial charge in [0, 0.05) is 68.8 Å². The number of amides is 3. The molecular weight excluding hydrogens is 807 g/mol. The summed E-state index contributed by atoms with van der Waals surface area (Å²) < 4.78 is 35.2. The number of carboxylic acid groups (broad SMARTS) is 1. The van der Waals surface area contributed by atoms with Crippen LogP contribution in [0.4, 0.5) is 20.2 Å². The third kappa shape index (κ3) is 8.75. The molecule has 0 spiro atoms. The Morgan fingerprint density at radius 3 is 2.05 bits per heavy atom. The zero-order valence-electron chi connectivity index (χ0n) is 33.7. The summed E-state index contributed by atoms with van der Waals surface area (Å²) in [6.07, 6.45) is 2.88. The van der Waals surface area contributed by atoms with Crippen molar-refractivity contribution in [2.45, 2.75) is 25.7 Å². The first-order valence-corrected chi connectivity index (χ1v) is 20.2. The number of phenols is 1. The van der Waals surface area contributed by atoms with E-state index in [0.717, 1.165) is 47.9 Å². The van der Waals surface area contributed by atoms with Crippen molar-refractivity contribution in [2.75, 3.05) is 23.7 Å². The fourth-order valence-corrected chi connectivity index (χ4v) is 7.64. The molecule has 6 aromatic carbocycles. The van der Waals surface area contributed by atoms with Crippen molar-refractivity contribution in [2.24, 2.45) is 0 Å². The summed E-state index contributed by atoms with van der Waals surface area (Å²) >= 11 is 0. The normalized spacial score (nSPS) is 13.2. The number of carbonyl (C=O) groups is 4. The highest BCUT2D eigenvalue weighted by atomic mass is 19.1. The summed E-state index contributed by atoms with van der Waals surface area (Å²) in [4.78, 5) is 51.8. The Hall–Kier alpha value is -8.06. The van der Waals surface area contributed by atoms with Crippen molar-refractivity contribution in [1.82, 2.24) is 10.6 Å². The molecule has 63 heavy (non-hydrogen) atoms. The molecule has 3 amide bonds. The Labute approximate surface area is 360 Å². The number of benzene rings is 6. The SMILES string of the molecule is C=c1cc2c(cc1F)=C(c1ccc(C(=O)NCCCCCCNC(=O)c3ccc(N/C(=C4\C(=O)Nc5ccccc54)c4ccccc4)cc3)cc1C(=O)O)c1cc(F)c(O)cc1O2. The lowest BCUT2D eigenvalue weighted by atomic mass is 9.88. The number of fused-ring (bicyclic) bond motifs is 3. The monoisotopic (exact) mass is 846 g/mol. The highest BCUT2D eigenvalue weighted by Crippen LogP contribution is 2.41. The van der Waals surface area contributed by atoms with Gasteiger partial charge < -0.3 is 36.2 Å². The van der Waals surface area contributed by atoms with Gasteiger partial charge in [-0.1, -0.05) is 74.0 Å². The van der Waals surface area contributed by atoms with Crippen molar-refractivity contribution in [3.8, 4) is 17.2 Å². The molecule has 8 rings (SSSR count). The van der Waals surface area contributed by atoms with Crippen LogP contribution in [0.25, 0.3) is 23.4 Å². The molecule has 13 heteroatoms. The molecule has 0 atom stereocenters. The minimum Gasteiger partial charge on any atom is -0.505 e. The number of halogens is 2. The number of carboxylic acids is 1. The molecular formula is C50H40F2N4O7. The number of hydrogen-bond acceptors (Lipinski definition) is 7. The second kappa shape index (κ2) is 17.9. The molecule has 0 fully saturated rings. The first-order valence-electron chi connectivity index (χ1n) is 20.2. The maximum absolute atomic E-state index is 14.8. The molecule has 2 aliphatic heterocycles.